The van der Waals surface area contributed by atoms with Crippen LogP contribution >= 0.6 is 0 Å². The third-order valence-electron chi connectivity index (χ3n) is 2.94. The molecule has 0 aliphatic heterocycles. The van der Waals surface area contributed by atoms with E-state index in [9.17, 15) is 4.39 Å². The second kappa shape index (κ2) is 5.67. The minimum absolute atomic E-state index is 0.190. The Morgan fingerprint density at radius 1 is 1.06 bits per heavy atom. The maximum atomic E-state index is 13.0. The molecular formula is C16H18FN. The fourth-order valence-corrected chi connectivity index (χ4v) is 1.86. The van der Waals surface area contributed by atoms with Crippen molar-refractivity contribution in [2.45, 2.75) is 26.3 Å². The zero-order valence-corrected chi connectivity index (χ0v) is 10.8. The molecule has 0 saturated heterocycles. The maximum absolute atomic E-state index is 13.0. The highest BCUT2D eigenvalue weighted by Gasteiger charge is 2.00. The molecule has 0 aromatic heterocycles. The van der Waals surface area contributed by atoms with Crippen molar-refractivity contribution in [1.29, 1.82) is 0 Å². The van der Waals surface area contributed by atoms with Crippen LogP contribution in [0, 0.1) is 5.82 Å². The molecule has 2 aromatic carbocycles. The normalized spacial score (nSPS) is 10.7. The van der Waals surface area contributed by atoms with E-state index in [4.69, 9.17) is 0 Å². The van der Waals surface area contributed by atoms with Crippen molar-refractivity contribution in [3.05, 3.63) is 65.5 Å². The molecule has 94 valence electrons. The molecular weight excluding hydrogens is 225 g/mol. The lowest BCUT2D eigenvalue weighted by Crippen LogP contribution is -2.00. The number of halogens is 1. The summed E-state index contributed by atoms with van der Waals surface area (Å²) in [5, 5.41) is 3.32. The standard InChI is InChI=1S/C16H18FN/c1-12(2)14-6-4-8-16(10-14)18-11-13-5-3-7-15(17)9-13/h3-10,12,18H,11H2,1-2H3. The summed E-state index contributed by atoms with van der Waals surface area (Å²) in [6.45, 7) is 4.98. The van der Waals surface area contributed by atoms with E-state index in [2.05, 4.69) is 31.3 Å². The van der Waals surface area contributed by atoms with Gasteiger partial charge in [0.25, 0.3) is 0 Å². The molecule has 0 heterocycles. The Labute approximate surface area is 108 Å². The predicted octanol–water partition coefficient (Wildman–Crippen LogP) is 4.56. The van der Waals surface area contributed by atoms with Crippen molar-refractivity contribution in [1.82, 2.24) is 0 Å². The van der Waals surface area contributed by atoms with E-state index in [0.717, 1.165) is 11.3 Å². The van der Waals surface area contributed by atoms with Crippen molar-refractivity contribution < 1.29 is 4.39 Å². The molecule has 1 N–H and O–H groups in total. The molecule has 2 rings (SSSR count). The number of benzene rings is 2. The summed E-state index contributed by atoms with van der Waals surface area (Å²) >= 11 is 0. The molecule has 0 radical (unpaired) electrons. The van der Waals surface area contributed by atoms with Crippen LogP contribution in [0.25, 0.3) is 0 Å². The zero-order chi connectivity index (χ0) is 13.0. The molecule has 0 amide bonds. The monoisotopic (exact) mass is 243 g/mol. The molecule has 0 aliphatic carbocycles. The first kappa shape index (κ1) is 12.6. The molecule has 18 heavy (non-hydrogen) atoms. The average molecular weight is 243 g/mol. The summed E-state index contributed by atoms with van der Waals surface area (Å²) in [6, 6.07) is 15.0. The van der Waals surface area contributed by atoms with Gasteiger partial charge in [-0.05, 0) is 41.3 Å². The van der Waals surface area contributed by atoms with Crippen LogP contribution in [-0.4, -0.2) is 0 Å². The summed E-state index contributed by atoms with van der Waals surface area (Å²) in [7, 11) is 0. The van der Waals surface area contributed by atoms with E-state index >= 15 is 0 Å². The molecule has 0 unspecified atom stereocenters. The molecule has 0 fully saturated rings. The SMILES string of the molecule is CC(C)c1cccc(NCc2cccc(F)c2)c1. The van der Waals surface area contributed by atoms with Crippen molar-refractivity contribution >= 4 is 5.69 Å². The molecule has 0 bridgehead atoms. The van der Waals surface area contributed by atoms with Gasteiger partial charge < -0.3 is 5.32 Å². The summed E-state index contributed by atoms with van der Waals surface area (Å²) in [5.74, 6) is 0.325. The van der Waals surface area contributed by atoms with Gasteiger partial charge in [0.2, 0.25) is 0 Å². The van der Waals surface area contributed by atoms with Crippen molar-refractivity contribution in [3.8, 4) is 0 Å². The van der Waals surface area contributed by atoms with E-state index < -0.39 is 0 Å². The van der Waals surface area contributed by atoms with E-state index in [1.807, 2.05) is 18.2 Å². The highest BCUT2D eigenvalue weighted by molar-refractivity contribution is 5.46. The van der Waals surface area contributed by atoms with Gasteiger partial charge in [-0.3, -0.25) is 0 Å². The van der Waals surface area contributed by atoms with Gasteiger partial charge in [-0.1, -0.05) is 38.1 Å². The van der Waals surface area contributed by atoms with Gasteiger partial charge >= 0.3 is 0 Å². The molecule has 2 aromatic rings. The molecule has 0 aliphatic rings. The Morgan fingerprint density at radius 2 is 1.83 bits per heavy atom. The van der Waals surface area contributed by atoms with Crippen molar-refractivity contribution in [2.75, 3.05) is 5.32 Å². The third-order valence-corrected chi connectivity index (χ3v) is 2.94. The Hall–Kier alpha value is -1.83. The number of hydrogen-bond donors (Lipinski definition) is 1. The number of nitrogens with one attached hydrogen (secondary N) is 1. The second-order valence-electron chi connectivity index (χ2n) is 4.76. The first-order valence-corrected chi connectivity index (χ1v) is 6.23. The van der Waals surface area contributed by atoms with E-state index in [1.165, 1.54) is 11.6 Å². The lowest BCUT2D eigenvalue weighted by Gasteiger charge is -2.10. The lowest BCUT2D eigenvalue weighted by molar-refractivity contribution is 0.626. The summed E-state index contributed by atoms with van der Waals surface area (Å²) in [5.41, 5.74) is 3.33. The largest absolute Gasteiger partial charge is 0.381 e. The van der Waals surface area contributed by atoms with Crippen LogP contribution in [0.15, 0.2) is 48.5 Å². The van der Waals surface area contributed by atoms with Crippen molar-refractivity contribution in [2.24, 2.45) is 0 Å². The van der Waals surface area contributed by atoms with Gasteiger partial charge in [-0.15, -0.1) is 0 Å². The van der Waals surface area contributed by atoms with E-state index in [0.29, 0.717) is 12.5 Å². The quantitative estimate of drug-likeness (QED) is 0.830. The van der Waals surface area contributed by atoms with Crippen LogP contribution in [0.2, 0.25) is 0 Å². The van der Waals surface area contributed by atoms with Crippen LogP contribution in [0.1, 0.15) is 30.9 Å². The van der Waals surface area contributed by atoms with Crippen LogP contribution in [0.4, 0.5) is 10.1 Å². The van der Waals surface area contributed by atoms with Crippen molar-refractivity contribution in [3.63, 3.8) is 0 Å². The van der Waals surface area contributed by atoms with Gasteiger partial charge in [0, 0.05) is 12.2 Å². The second-order valence-corrected chi connectivity index (χ2v) is 4.76. The third kappa shape index (κ3) is 3.33. The minimum Gasteiger partial charge on any atom is -0.381 e. The van der Waals surface area contributed by atoms with E-state index in [1.54, 1.807) is 12.1 Å². The molecule has 0 atom stereocenters. The molecule has 2 heteroatoms. The number of hydrogen-bond acceptors (Lipinski definition) is 1. The maximum Gasteiger partial charge on any atom is 0.123 e. The van der Waals surface area contributed by atoms with Crippen LogP contribution in [-0.2, 0) is 6.54 Å². The lowest BCUT2D eigenvalue weighted by atomic mass is 10.0. The van der Waals surface area contributed by atoms with Gasteiger partial charge in [0.1, 0.15) is 5.82 Å². The number of rotatable bonds is 4. The summed E-state index contributed by atoms with van der Waals surface area (Å²) in [6.07, 6.45) is 0. The van der Waals surface area contributed by atoms with Crippen LogP contribution in [0.3, 0.4) is 0 Å². The fraction of sp³-hybridized carbons (Fsp3) is 0.250. The fourth-order valence-electron chi connectivity index (χ4n) is 1.86. The first-order chi connectivity index (χ1) is 8.65. The first-order valence-electron chi connectivity index (χ1n) is 6.23. The Balaban J connectivity index is 2.04. The van der Waals surface area contributed by atoms with E-state index in [-0.39, 0.29) is 5.82 Å². The predicted molar refractivity (Wildman–Crippen MR) is 74.3 cm³/mol. The minimum atomic E-state index is -0.190. The average Bonchev–Trinajstić information content (AvgIpc) is 2.37. The highest BCUT2D eigenvalue weighted by atomic mass is 19.1. The van der Waals surface area contributed by atoms with Crippen LogP contribution < -0.4 is 5.32 Å². The summed E-state index contributed by atoms with van der Waals surface area (Å²) < 4.78 is 13.0. The topological polar surface area (TPSA) is 12.0 Å². The Kier molecular flexibility index (Phi) is 3.98. The zero-order valence-electron chi connectivity index (χ0n) is 10.8. The molecule has 0 saturated carbocycles. The highest BCUT2D eigenvalue weighted by Crippen LogP contribution is 2.19. The molecule has 0 spiro atoms. The van der Waals surface area contributed by atoms with Crippen LogP contribution in [0.5, 0.6) is 0 Å². The Bertz CT molecular complexity index is 520. The smallest absolute Gasteiger partial charge is 0.123 e. The van der Waals surface area contributed by atoms with Gasteiger partial charge in [-0.2, -0.15) is 0 Å². The Morgan fingerprint density at radius 3 is 2.56 bits per heavy atom. The van der Waals surface area contributed by atoms with Gasteiger partial charge in [0.15, 0.2) is 0 Å². The molecule has 1 nitrogen and oxygen atoms in total. The van der Waals surface area contributed by atoms with Gasteiger partial charge in [0.05, 0.1) is 0 Å². The number of anilines is 1. The van der Waals surface area contributed by atoms with Gasteiger partial charge in [-0.25, -0.2) is 4.39 Å². The summed E-state index contributed by atoms with van der Waals surface area (Å²) in [4.78, 5) is 0.